The van der Waals surface area contributed by atoms with Crippen LogP contribution in [0.1, 0.15) is 45.6 Å². The molecule has 4 nitrogen and oxygen atoms in total. The van der Waals surface area contributed by atoms with Crippen molar-refractivity contribution in [2.45, 2.75) is 58.2 Å². The van der Waals surface area contributed by atoms with E-state index in [2.05, 4.69) is 22.8 Å². The molecule has 2 rings (SSSR count). The van der Waals surface area contributed by atoms with Crippen LogP contribution in [0.2, 0.25) is 0 Å². The highest BCUT2D eigenvalue weighted by Crippen LogP contribution is 2.23. The summed E-state index contributed by atoms with van der Waals surface area (Å²) in [4.78, 5) is 11.5. The first-order valence-corrected chi connectivity index (χ1v) is 7.25. The molecule has 0 radical (unpaired) electrons. The van der Waals surface area contributed by atoms with Crippen LogP contribution in [0.3, 0.4) is 0 Å². The number of anilines is 1. The van der Waals surface area contributed by atoms with Crippen molar-refractivity contribution in [3.8, 4) is 0 Å². The number of rotatable bonds is 4. The molecule has 0 bridgehead atoms. The molecule has 1 aromatic carbocycles. The molecule has 2 N–H and O–H groups in total. The van der Waals surface area contributed by atoms with Crippen LogP contribution in [0.25, 0.3) is 0 Å². The van der Waals surface area contributed by atoms with Crippen molar-refractivity contribution in [1.29, 1.82) is 0 Å². The Morgan fingerprint density at radius 3 is 2.40 bits per heavy atom. The summed E-state index contributed by atoms with van der Waals surface area (Å²) >= 11 is 0. The predicted molar refractivity (Wildman–Crippen MR) is 80.8 cm³/mol. The standard InChI is InChI=1S/C16H24N2O2/c1-16(2,3)20-15(19)17-11-12-7-9-14(10-8-12)18-13-5-4-6-13/h7-10,13,18H,4-6,11H2,1-3H3,(H,17,19). The summed E-state index contributed by atoms with van der Waals surface area (Å²) in [5, 5.41) is 6.25. The van der Waals surface area contributed by atoms with Gasteiger partial charge in [0.1, 0.15) is 5.60 Å². The summed E-state index contributed by atoms with van der Waals surface area (Å²) in [7, 11) is 0. The summed E-state index contributed by atoms with van der Waals surface area (Å²) in [5.74, 6) is 0. The number of hydrogen-bond donors (Lipinski definition) is 2. The third kappa shape index (κ3) is 4.76. The molecule has 0 aliphatic heterocycles. The van der Waals surface area contributed by atoms with Crippen LogP contribution < -0.4 is 10.6 Å². The van der Waals surface area contributed by atoms with Gasteiger partial charge in [0.05, 0.1) is 0 Å². The molecule has 1 saturated carbocycles. The van der Waals surface area contributed by atoms with Gasteiger partial charge in [-0.2, -0.15) is 0 Å². The van der Waals surface area contributed by atoms with Crippen molar-refractivity contribution in [1.82, 2.24) is 5.32 Å². The minimum Gasteiger partial charge on any atom is -0.444 e. The van der Waals surface area contributed by atoms with Crippen molar-refractivity contribution >= 4 is 11.8 Å². The fourth-order valence-electron chi connectivity index (χ4n) is 2.00. The average molecular weight is 276 g/mol. The van der Waals surface area contributed by atoms with Gasteiger partial charge in [-0.3, -0.25) is 0 Å². The molecule has 4 heteroatoms. The van der Waals surface area contributed by atoms with Crippen LogP contribution in [-0.4, -0.2) is 17.7 Å². The van der Waals surface area contributed by atoms with Crippen molar-refractivity contribution in [2.75, 3.05) is 5.32 Å². The molecule has 0 atom stereocenters. The lowest BCUT2D eigenvalue weighted by atomic mass is 9.93. The molecule has 0 unspecified atom stereocenters. The number of alkyl carbamates (subject to hydrolysis) is 1. The van der Waals surface area contributed by atoms with Crippen molar-refractivity contribution in [2.24, 2.45) is 0 Å². The number of amides is 1. The van der Waals surface area contributed by atoms with Gasteiger partial charge in [0.15, 0.2) is 0 Å². The zero-order chi connectivity index (χ0) is 14.6. The fourth-order valence-corrected chi connectivity index (χ4v) is 2.00. The summed E-state index contributed by atoms with van der Waals surface area (Å²) in [6, 6.07) is 8.81. The van der Waals surface area contributed by atoms with E-state index in [1.807, 2.05) is 32.9 Å². The number of carbonyl (C=O) groups is 1. The molecule has 1 aromatic rings. The van der Waals surface area contributed by atoms with E-state index in [4.69, 9.17) is 4.74 Å². The summed E-state index contributed by atoms with van der Waals surface area (Å²) in [6.45, 7) is 6.05. The third-order valence-corrected chi connectivity index (χ3v) is 3.27. The lowest BCUT2D eigenvalue weighted by molar-refractivity contribution is 0.0523. The smallest absolute Gasteiger partial charge is 0.407 e. The quantitative estimate of drug-likeness (QED) is 0.882. The molecule has 0 saturated heterocycles. The van der Waals surface area contributed by atoms with Crippen LogP contribution in [0.5, 0.6) is 0 Å². The molecule has 0 aromatic heterocycles. The first kappa shape index (κ1) is 14.7. The maximum Gasteiger partial charge on any atom is 0.407 e. The Balaban J connectivity index is 1.77. The molecular weight excluding hydrogens is 252 g/mol. The highest BCUT2D eigenvalue weighted by atomic mass is 16.6. The first-order chi connectivity index (χ1) is 9.42. The Morgan fingerprint density at radius 1 is 1.25 bits per heavy atom. The van der Waals surface area contributed by atoms with E-state index in [0.29, 0.717) is 12.6 Å². The Hall–Kier alpha value is -1.71. The van der Waals surface area contributed by atoms with Crippen LogP contribution in [0.15, 0.2) is 24.3 Å². The topological polar surface area (TPSA) is 50.4 Å². The Bertz CT molecular complexity index is 445. The van der Waals surface area contributed by atoms with Gasteiger partial charge in [-0.25, -0.2) is 4.79 Å². The zero-order valence-electron chi connectivity index (χ0n) is 12.5. The minimum atomic E-state index is -0.458. The largest absolute Gasteiger partial charge is 0.444 e. The van der Waals surface area contributed by atoms with E-state index in [9.17, 15) is 4.79 Å². The highest BCUT2D eigenvalue weighted by Gasteiger charge is 2.17. The van der Waals surface area contributed by atoms with Gasteiger partial charge in [0.25, 0.3) is 0 Å². The van der Waals surface area contributed by atoms with E-state index in [-0.39, 0.29) is 6.09 Å². The monoisotopic (exact) mass is 276 g/mol. The zero-order valence-corrected chi connectivity index (χ0v) is 12.5. The van der Waals surface area contributed by atoms with Gasteiger partial charge in [-0.1, -0.05) is 12.1 Å². The molecule has 1 aliphatic rings. The highest BCUT2D eigenvalue weighted by molar-refractivity contribution is 5.67. The lowest BCUT2D eigenvalue weighted by Crippen LogP contribution is -2.32. The van der Waals surface area contributed by atoms with Crippen LogP contribution in [-0.2, 0) is 11.3 Å². The SMILES string of the molecule is CC(C)(C)OC(=O)NCc1ccc(NC2CCC2)cc1. The van der Waals surface area contributed by atoms with E-state index >= 15 is 0 Å². The Kier molecular flexibility index (Phi) is 4.53. The number of ether oxygens (including phenoxy) is 1. The Labute approximate surface area is 120 Å². The van der Waals surface area contributed by atoms with Gasteiger partial charge in [0, 0.05) is 18.3 Å². The number of benzene rings is 1. The molecule has 0 spiro atoms. The van der Waals surface area contributed by atoms with Crippen molar-refractivity contribution in [3.05, 3.63) is 29.8 Å². The van der Waals surface area contributed by atoms with E-state index in [0.717, 1.165) is 11.3 Å². The summed E-state index contributed by atoms with van der Waals surface area (Å²) in [5.41, 5.74) is 1.76. The average Bonchev–Trinajstić information content (AvgIpc) is 2.30. The van der Waals surface area contributed by atoms with Gasteiger partial charge >= 0.3 is 6.09 Å². The molecule has 1 aliphatic carbocycles. The molecule has 0 heterocycles. The molecule has 110 valence electrons. The second kappa shape index (κ2) is 6.16. The summed E-state index contributed by atoms with van der Waals surface area (Å²) in [6.07, 6.45) is 3.48. The molecule has 1 amide bonds. The maximum atomic E-state index is 11.5. The fraction of sp³-hybridized carbons (Fsp3) is 0.562. The summed E-state index contributed by atoms with van der Waals surface area (Å²) < 4.78 is 5.20. The van der Waals surface area contributed by atoms with Crippen molar-refractivity contribution < 1.29 is 9.53 Å². The predicted octanol–water partition coefficient (Wildman–Crippen LogP) is 3.68. The molecular formula is C16H24N2O2. The van der Waals surface area contributed by atoms with Crippen LogP contribution >= 0.6 is 0 Å². The van der Waals surface area contributed by atoms with Crippen LogP contribution in [0.4, 0.5) is 10.5 Å². The lowest BCUT2D eigenvalue weighted by Gasteiger charge is -2.27. The number of nitrogens with one attached hydrogen (secondary N) is 2. The maximum absolute atomic E-state index is 11.5. The molecule has 1 fully saturated rings. The van der Waals surface area contributed by atoms with Gasteiger partial charge < -0.3 is 15.4 Å². The second-order valence-corrected chi connectivity index (χ2v) is 6.32. The molecule has 20 heavy (non-hydrogen) atoms. The van der Waals surface area contributed by atoms with E-state index in [1.54, 1.807) is 0 Å². The van der Waals surface area contributed by atoms with Gasteiger partial charge in [0.2, 0.25) is 0 Å². The van der Waals surface area contributed by atoms with Gasteiger partial charge in [-0.05, 0) is 57.7 Å². The minimum absolute atomic E-state index is 0.380. The van der Waals surface area contributed by atoms with E-state index in [1.165, 1.54) is 19.3 Å². The first-order valence-electron chi connectivity index (χ1n) is 7.25. The number of hydrogen-bond acceptors (Lipinski definition) is 3. The van der Waals surface area contributed by atoms with Crippen molar-refractivity contribution in [3.63, 3.8) is 0 Å². The van der Waals surface area contributed by atoms with Gasteiger partial charge in [-0.15, -0.1) is 0 Å². The second-order valence-electron chi connectivity index (χ2n) is 6.32. The van der Waals surface area contributed by atoms with E-state index < -0.39 is 5.60 Å². The third-order valence-electron chi connectivity index (χ3n) is 3.27. The normalized spacial score (nSPS) is 15.3. The van der Waals surface area contributed by atoms with Crippen LogP contribution in [0, 0.1) is 0 Å². The Morgan fingerprint density at radius 2 is 1.90 bits per heavy atom. The number of carbonyl (C=O) groups excluding carboxylic acids is 1.